The van der Waals surface area contributed by atoms with Crippen molar-refractivity contribution in [1.29, 1.82) is 0 Å². The Morgan fingerprint density at radius 2 is 1.50 bits per heavy atom. The van der Waals surface area contributed by atoms with E-state index >= 15 is 0 Å². The van der Waals surface area contributed by atoms with Crippen molar-refractivity contribution in [1.82, 2.24) is 0 Å². The normalized spacial score (nSPS) is 11.1. The molecule has 0 aromatic heterocycles. The minimum Gasteiger partial charge on any atom is -0.496 e. The maximum atomic E-state index is 13.4. The summed E-state index contributed by atoms with van der Waals surface area (Å²) >= 11 is 0. The van der Waals surface area contributed by atoms with Gasteiger partial charge in [-0.15, -0.1) is 0 Å². The van der Waals surface area contributed by atoms with Crippen molar-refractivity contribution in [3.63, 3.8) is 0 Å². The average Bonchev–Trinajstić information content (AvgIpc) is 2.50. The minimum atomic E-state index is -4.51. The van der Waals surface area contributed by atoms with Gasteiger partial charge in [-0.1, -0.05) is 17.7 Å². The lowest BCUT2D eigenvalue weighted by Crippen LogP contribution is -2.10. The van der Waals surface area contributed by atoms with Gasteiger partial charge in [0, 0.05) is 5.56 Å². The number of halogens is 3. The molecule has 2 aromatic rings. The Balaban J connectivity index is 2.47. The Morgan fingerprint density at radius 1 is 0.917 bits per heavy atom. The average molecular weight is 336 g/mol. The molecule has 0 radical (unpaired) electrons. The first-order chi connectivity index (χ1) is 11.2. The molecule has 0 N–H and O–H groups in total. The zero-order valence-corrected chi connectivity index (χ0v) is 14.0. The van der Waals surface area contributed by atoms with E-state index < -0.39 is 11.7 Å². The van der Waals surface area contributed by atoms with Crippen molar-refractivity contribution in [3.05, 3.63) is 64.7 Å². The van der Waals surface area contributed by atoms with Gasteiger partial charge in [-0.05, 0) is 56.7 Å². The third-order valence-corrected chi connectivity index (χ3v) is 3.46. The minimum absolute atomic E-state index is 0.00116. The molecule has 5 heteroatoms. The van der Waals surface area contributed by atoms with Crippen LogP contribution in [0.3, 0.4) is 0 Å². The van der Waals surface area contributed by atoms with Crippen LogP contribution in [0.5, 0.6) is 11.5 Å². The van der Waals surface area contributed by atoms with E-state index in [2.05, 4.69) is 0 Å². The van der Waals surface area contributed by atoms with Gasteiger partial charge in [-0.2, -0.15) is 13.2 Å². The van der Waals surface area contributed by atoms with Gasteiger partial charge in [-0.25, -0.2) is 0 Å². The molecule has 128 valence electrons. The van der Waals surface area contributed by atoms with Crippen LogP contribution in [0.25, 0.3) is 5.76 Å². The Hall–Kier alpha value is -2.43. The van der Waals surface area contributed by atoms with Crippen molar-refractivity contribution < 1.29 is 22.6 Å². The van der Waals surface area contributed by atoms with Gasteiger partial charge in [0.15, 0.2) is 0 Å². The molecule has 0 unspecified atom stereocenters. The third-order valence-electron chi connectivity index (χ3n) is 3.46. The van der Waals surface area contributed by atoms with Crippen LogP contribution in [0.4, 0.5) is 13.2 Å². The molecule has 0 fully saturated rings. The number of rotatable bonds is 4. The summed E-state index contributed by atoms with van der Waals surface area (Å²) in [5.41, 5.74) is 0.920. The molecule has 0 aliphatic rings. The second-order valence-electron chi connectivity index (χ2n) is 5.65. The molecule has 0 atom stereocenters. The summed E-state index contributed by atoms with van der Waals surface area (Å²) in [6.45, 7) is 5.33. The lowest BCUT2D eigenvalue weighted by Gasteiger charge is -2.17. The van der Waals surface area contributed by atoms with Crippen LogP contribution < -0.4 is 4.74 Å². The van der Waals surface area contributed by atoms with Crippen LogP contribution in [0.15, 0.2) is 48.0 Å². The number of alkyl halides is 3. The van der Waals surface area contributed by atoms with Gasteiger partial charge in [0.05, 0.1) is 12.7 Å². The summed E-state index contributed by atoms with van der Waals surface area (Å²) in [6.07, 6.45) is -4.51. The Morgan fingerprint density at radius 3 is 2.00 bits per heavy atom. The number of hydrogen-bond acceptors (Lipinski definition) is 2. The van der Waals surface area contributed by atoms with E-state index in [1.807, 2.05) is 19.1 Å². The van der Waals surface area contributed by atoms with Crippen LogP contribution >= 0.6 is 0 Å². The second kappa shape index (κ2) is 6.99. The lowest BCUT2D eigenvalue weighted by atomic mass is 10.0. The van der Waals surface area contributed by atoms with E-state index in [-0.39, 0.29) is 17.1 Å². The first kappa shape index (κ1) is 17.9. The molecule has 0 aliphatic heterocycles. The van der Waals surface area contributed by atoms with Gasteiger partial charge >= 0.3 is 6.18 Å². The summed E-state index contributed by atoms with van der Waals surface area (Å²) in [7, 11) is 1.36. The van der Waals surface area contributed by atoms with Crippen LogP contribution in [0, 0.1) is 6.92 Å². The molecule has 0 saturated heterocycles. The zero-order chi connectivity index (χ0) is 17.9. The highest BCUT2D eigenvalue weighted by Crippen LogP contribution is 2.39. The summed E-state index contributed by atoms with van der Waals surface area (Å²) in [5, 5.41) is 0. The largest absolute Gasteiger partial charge is 0.496 e. The van der Waals surface area contributed by atoms with Crippen molar-refractivity contribution in [2.45, 2.75) is 26.9 Å². The van der Waals surface area contributed by atoms with Crippen LogP contribution in [0.2, 0.25) is 0 Å². The molecule has 0 aliphatic carbocycles. The van der Waals surface area contributed by atoms with Gasteiger partial charge < -0.3 is 9.47 Å². The van der Waals surface area contributed by atoms with Crippen molar-refractivity contribution in [3.8, 4) is 11.5 Å². The van der Waals surface area contributed by atoms with E-state index in [4.69, 9.17) is 9.47 Å². The molecule has 0 spiro atoms. The van der Waals surface area contributed by atoms with E-state index in [1.165, 1.54) is 19.2 Å². The van der Waals surface area contributed by atoms with E-state index in [0.717, 1.165) is 11.6 Å². The van der Waals surface area contributed by atoms with Gasteiger partial charge in [-0.3, -0.25) is 0 Å². The molecular weight excluding hydrogens is 317 g/mol. The quantitative estimate of drug-likeness (QED) is 0.619. The highest BCUT2D eigenvalue weighted by molar-refractivity contribution is 5.67. The number of hydrogen-bond donors (Lipinski definition) is 0. The fourth-order valence-electron chi connectivity index (χ4n) is 2.35. The standard InChI is InChI=1S/C19H19F3O2/c1-12(2)18(23-4)16-10-9-15(11-17(16)19(20,21)22)24-14-7-5-13(3)6-8-14/h5-11H,1-4H3. The predicted molar refractivity (Wildman–Crippen MR) is 88.0 cm³/mol. The molecular formula is C19H19F3O2. The van der Waals surface area contributed by atoms with E-state index in [0.29, 0.717) is 11.3 Å². The first-order valence-electron chi connectivity index (χ1n) is 7.40. The fraction of sp³-hybridized carbons (Fsp3) is 0.263. The maximum absolute atomic E-state index is 13.4. The highest BCUT2D eigenvalue weighted by atomic mass is 19.4. The number of ether oxygens (including phenoxy) is 2. The summed E-state index contributed by atoms with van der Waals surface area (Å²) < 4.78 is 51.0. The molecule has 0 amide bonds. The SMILES string of the molecule is COC(=C(C)C)c1ccc(Oc2ccc(C)cc2)cc1C(F)(F)F. The topological polar surface area (TPSA) is 18.5 Å². The Labute approximate surface area is 139 Å². The number of benzene rings is 2. The van der Waals surface area contributed by atoms with E-state index in [9.17, 15) is 13.2 Å². The lowest BCUT2D eigenvalue weighted by molar-refractivity contribution is -0.138. The number of allylic oxidation sites excluding steroid dienone is 1. The van der Waals surface area contributed by atoms with Crippen LogP contribution in [0.1, 0.15) is 30.5 Å². The molecule has 24 heavy (non-hydrogen) atoms. The van der Waals surface area contributed by atoms with Crippen LogP contribution in [-0.4, -0.2) is 7.11 Å². The molecule has 2 nitrogen and oxygen atoms in total. The predicted octanol–water partition coefficient (Wildman–Crippen LogP) is 6.20. The summed E-state index contributed by atoms with van der Waals surface area (Å²) in [4.78, 5) is 0. The summed E-state index contributed by atoms with van der Waals surface area (Å²) in [5.74, 6) is 0.819. The van der Waals surface area contributed by atoms with Crippen molar-refractivity contribution in [2.75, 3.05) is 7.11 Å². The Kier molecular flexibility index (Phi) is 5.22. The van der Waals surface area contributed by atoms with Gasteiger partial charge in [0.2, 0.25) is 0 Å². The first-order valence-corrected chi connectivity index (χ1v) is 7.40. The second-order valence-corrected chi connectivity index (χ2v) is 5.65. The smallest absolute Gasteiger partial charge is 0.417 e. The van der Waals surface area contributed by atoms with Gasteiger partial charge in [0.25, 0.3) is 0 Å². The molecule has 0 saturated carbocycles. The van der Waals surface area contributed by atoms with E-state index in [1.54, 1.807) is 26.0 Å². The molecule has 0 heterocycles. The van der Waals surface area contributed by atoms with Crippen molar-refractivity contribution in [2.24, 2.45) is 0 Å². The number of aryl methyl sites for hydroxylation is 1. The van der Waals surface area contributed by atoms with Crippen molar-refractivity contribution >= 4 is 5.76 Å². The highest BCUT2D eigenvalue weighted by Gasteiger charge is 2.35. The van der Waals surface area contributed by atoms with Gasteiger partial charge in [0.1, 0.15) is 17.3 Å². The fourth-order valence-corrected chi connectivity index (χ4v) is 2.35. The molecule has 2 aromatic carbocycles. The monoisotopic (exact) mass is 336 g/mol. The molecule has 0 bridgehead atoms. The Bertz CT molecular complexity index is 740. The zero-order valence-electron chi connectivity index (χ0n) is 14.0. The van der Waals surface area contributed by atoms with Crippen LogP contribution in [-0.2, 0) is 10.9 Å². The number of methoxy groups -OCH3 is 1. The molecule has 2 rings (SSSR count). The maximum Gasteiger partial charge on any atom is 0.417 e. The third kappa shape index (κ3) is 4.10. The summed E-state index contributed by atoms with van der Waals surface area (Å²) in [6, 6.07) is 11.0.